The summed E-state index contributed by atoms with van der Waals surface area (Å²) in [5.74, 6) is 0. The van der Waals surface area contributed by atoms with Crippen molar-refractivity contribution in [3.63, 3.8) is 0 Å². The summed E-state index contributed by atoms with van der Waals surface area (Å²) in [5.41, 5.74) is 5.51. The Morgan fingerprint density at radius 1 is 0.488 bits per heavy atom. The first-order valence-corrected chi connectivity index (χ1v) is 25.1. The van der Waals surface area contributed by atoms with E-state index in [1.54, 1.807) is 12.4 Å². The van der Waals surface area contributed by atoms with Gasteiger partial charge in [0.1, 0.15) is 0 Å². The van der Waals surface area contributed by atoms with Crippen molar-refractivity contribution in [1.29, 1.82) is 0 Å². The Morgan fingerprint density at radius 3 is 1.00 bits per heavy atom. The normalized spacial score (nSPS) is 11.8. The van der Waals surface area contributed by atoms with Crippen molar-refractivity contribution in [3.8, 4) is 22.8 Å². The average Bonchev–Trinajstić information content (AvgIpc) is 3.01. The molecule has 4 rings (SSSR count). The van der Waals surface area contributed by atoms with Crippen LogP contribution in [0.4, 0.5) is 0 Å². The van der Waals surface area contributed by atoms with Crippen LogP contribution >= 0.6 is 41.5 Å². The Hall–Kier alpha value is -1.18. The van der Waals surface area contributed by atoms with E-state index < -0.39 is 14.8 Å². The molecule has 0 saturated carbocycles. The second-order valence-corrected chi connectivity index (χ2v) is 26.7. The Bertz CT molecular complexity index is 1220. The van der Waals surface area contributed by atoms with E-state index in [2.05, 4.69) is 87.5 Å². The van der Waals surface area contributed by atoms with E-state index in [9.17, 15) is 0 Å². The summed E-state index contributed by atoms with van der Waals surface area (Å²) >= 11 is 13.7. The van der Waals surface area contributed by atoms with Crippen LogP contribution in [0.2, 0.25) is 22.2 Å². The van der Waals surface area contributed by atoms with Gasteiger partial charge in [-0.1, -0.05) is 79.7 Å². The molecular formula is C32H42Cl4N4RuSi2. The molecule has 0 bridgehead atoms. The Labute approximate surface area is 285 Å². The van der Waals surface area contributed by atoms with Gasteiger partial charge in [-0.2, -0.15) is 22.2 Å². The standard InChI is InChI=1S/2C16H21ClN2Si.2ClH.Ru/c2*1-12(2)20(17,13(3)4)14-8-9-16(19-11-14)15-7-5-6-10-18-15;;;/h2*5-13H,1-4H3;2*1H;/q;;;;+2/p-2. The van der Waals surface area contributed by atoms with Crippen LogP contribution in [-0.4, -0.2) is 34.7 Å². The zero-order valence-electron chi connectivity index (χ0n) is 26.0. The van der Waals surface area contributed by atoms with Crippen LogP contribution in [0.15, 0.2) is 85.5 Å². The fourth-order valence-electron chi connectivity index (χ4n) is 5.24. The van der Waals surface area contributed by atoms with Crippen molar-refractivity contribution in [2.45, 2.75) is 77.6 Å². The zero-order chi connectivity index (χ0) is 32.2. The molecule has 43 heavy (non-hydrogen) atoms. The van der Waals surface area contributed by atoms with Gasteiger partial charge in [0.15, 0.2) is 14.8 Å². The minimum atomic E-state index is -2.01. The molecular weight excluding hydrogens is 739 g/mol. The van der Waals surface area contributed by atoms with Crippen molar-refractivity contribution in [2.24, 2.45) is 0 Å². The number of nitrogens with zero attached hydrogens (tertiary/aromatic N) is 4. The third-order valence-electron chi connectivity index (χ3n) is 7.63. The number of halogens is 4. The topological polar surface area (TPSA) is 51.6 Å². The molecule has 0 spiro atoms. The fourth-order valence-corrected chi connectivity index (χ4v) is 12.4. The fraction of sp³-hybridized carbons (Fsp3) is 0.375. The SMILES string of the molecule is CC(C)[Si](Cl)(c1ccc(-c2ccccn2)nc1)C(C)C.CC(C)[Si](Cl)(c1ccc(-c2ccccn2)nc1)C(C)C.[Cl][Ru][Cl]. The molecule has 234 valence electrons. The van der Waals surface area contributed by atoms with Gasteiger partial charge in [-0.05, 0) is 68.9 Å². The zero-order valence-corrected chi connectivity index (χ0v) is 32.8. The Morgan fingerprint density at radius 2 is 0.791 bits per heavy atom. The monoisotopic (exact) mass is 780 g/mol. The molecule has 0 aliphatic carbocycles. The summed E-state index contributed by atoms with van der Waals surface area (Å²) in [5, 5.41) is 2.42. The van der Waals surface area contributed by atoms with Gasteiger partial charge in [0.05, 0.1) is 22.8 Å². The Balaban J connectivity index is 0.000000275. The maximum atomic E-state index is 7.02. The quantitative estimate of drug-likeness (QED) is 0.132. The van der Waals surface area contributed by atoms with Crippen LogP contribution in [0.3, 0.4) is 0 Å². The molecule has 0 unspecified atom stereocenters. The molecule has 0 saturated heterocycles. The van der Waals surface area contributed by atoms with Crippen molar-refractivity contribution in [2.75, 3.05) is 0 Å². The molecule has 0 fully saturated rings. The van der Waals surface area contributed by atoms with Gasteiger partial charge in [0.25, 0.3) is 0 Å². The minimum absolute atomic E-state index is 0.346. The summed E-state index contributed by atoms with van der Waals surface area (Å²) in [7, 11) is 5.68. The molecule has 0 N–H and O–H groups in total. The van der Waals surface area contributed by atoms with E-state index in [1.165, 1.54) is 10.4 Å². The van der Waals surface area contributed by atoms with Gasteiger partial charge in [-0.3, -0.25) is 19.9 Å². The predicted molar refractivity (Wildman–Crippen MR) is 190 cm³/mol. The molecule has 0 atom stereocenters. The number of hydrogen-bond donors (Lipinski definition) is 0. The first-order valence-electron chi connectivity index (χ1n) is 14.3. The van der Waals surface area contributed by atoms with Crippen molar-refractivity contribution < 1.29 is 15.1 Å². The van der Waals surface area contributed by atoms with Crippen LogP contribution in [0.1, 0.15) is 55.4 Å². The van der Waals surface area contributed by atoms with Crippen molar-refractivity contribution >= 4 is 66.7 Å². The van der Waals surface area contributed by atoms with E-state index in [1.807, 2.05) is 60.9 Å². The van der Waals surface area contributed by atoms with Gasteiger partial charge in [0, 0.05) is 24.8 Å². The number of pyridine rings is 4. The van der Waals surface area contributed by atoms with E-state index >= 15 is 0 Å². The molecule has 0 aliphatic rings. The third kappa shape index (κ3) is 9.90. The first kappa shape index (κ1) is 38.0. The second kappa shape index (κ2) is 18.1. The van der Waals surface area contributed by atoms with Crippen molar-refractivity contribution in [1.82, 2.24) is 19.9 Å². The van der Waals surface area contributed by atoms with Gasteiger partial charge in [-0.15, -0.1) is 0 Å². The molecule has 4 aromatic rings. The van der Waals surface area contributed by atoms with Gasteiger partial charge >= 0.3 is 34.5 Å². The van der Waals surface area contributed by atoms with Crippen LogP contribution in [-0.2, 0) is 15.1 Å². The summed E-state index contributed by atoms with van der Waals surface area (Å²) in [4.78, 5) is 17.8. The molecule has 4 nitrogen and oxygen atoms in total. The van der Waals surface area contributed by atoms with E-state index in [4.69, 9.17) is 41.5 Å². The first-order chi connectivity index (χ1) is 20.3. The van der Waals surface area contributed by atoms with Gasteiger partial charge in [0.2, 0.25) is 0 Å². The van der Waals surface area contributed by atoms with Crippen LogP contribution in [0.25, 0.3) is 22.8 Å². The van der Waals surface area contributed by atoms with Crippen LogP contribution in [0, 0.1) is 0 Å². The molecule has 0 radical (unpaired) electrons. The predicted octanol–water partition coefficient (Wildman–Crippen LogP) is 10.1. The van der Waals surface area contributed by atoms with Crippen molar-refractivity contribution in [3.05, 3.63) is 85.5 Å². The van der Waals surface area contributed by atoms with Crippen LogP contribution in [0.5, 0.6) is 0 Å². The van der Waals surface area contributed by atoms with E-state index in [-0.39, 0.29) is 15.1 Å². The molecule has 0 amide bonds. The molecule has 0 aromatic carbocycles. The summed E-state index contributed by atoms with van der Waals surface area (Å²) in [6.07, 6.45) is 7.47. The summed E-state index contributed by atoms with van der Waals surface area (Å²) in [6, 6.07) is 20.0. The van der Waals surface area contributed by atoms with Gasteiger partial charge < -0.3 is 0 Å². The maximum absolute atomic E-state index is 7.02. The molecule has 4 aromatic heterocycles. The molecule has 11 heteroatoms. The van der Waals surface area contributed by atoms with E-state index in [0.29, 0.717) is 22.2 Å². The summed E-state index contributed by atoms with van der Waals surface area (Å²) in [6.45, 7) is 17.7. The molecule has 4 heterocycles. The number of aromatic nitrogens is 4. The number of rotatable bonds is 8. The second-order valence-electron chi connectivity index (χ2n) is 11.5. The third-order valence-corrected chi connectivity index (χ3v) is 23.3. The van der Waals surface area contributed by atoms with Crippen LogP contribution < -0.4 is 10.4 Å². The van der Waals surface area contributed by atoms with Gasteiger partial charge in [-0.25, -0.2) is 0 Å². The van der Waals surface area contributed by atoms with E-state index in [0.717, 1.165) is 22.8 Å². The average molecular weight is 782 g/mol. The summed E-state index contributed by atoms with van der Waals surface area (Å²) < 4.78 is 0. The number of hydrogen-bond acceptors (Lipinski definition) is 4. The Kier molecular flexibility index (Phi) is 16.0. The molecule has 0 aliphatic heterocycles.